The van der Waals surface area contributed by atoms with Crippen LogP contribution in [0.1, 0.15) is 27.7 Å². The SMILES string of the molecule is CC(=O)NCC1CN(S(=O)(=O)c2cc(Br)ccc2Cl)c2cc(NC(=O)OC(C)(C)C)ccc2O1. The van der Waals surface area contributed by atoms with Crippen molar-refractivity contribution < 1.29 is 27.5 Å². The van der Waals surface area contributed by atoms with Crippen molar-refractivity contribution in [2.45, 2.75) is 44.3 Å². The van der Waals surface area contributed by atoms with E-state index in [4.69, 9.17) is 21.1 Å². The van der Waals surface area contributed by atoms with Crippen LogP contribution in [0.25, 0.3) is 0 Å². The van der Waals surface area contributed by atoms with Gasteiger partial charge in [0, 0.05) is 17.1 Å². The summed E-state index contributed by atoms with van der Waals surface area (Å²) in [6.45, 7) is 6.58. The zero-order valence-corrected chi connectivity index (χ0v) is 22.2. The number of rotatable bonds is 5. The minimum absolute atomic E-state index is 0.0534. The largest absolute Gasteiger partial charge is 0.484 e. The number of sulfonamides is 1. The minimum atomic E-state index is -4.14. The fourth-order valence-electron chi connectivity index (χ4n) is 3.20. The Kier molecular flexibility index (Phi) is 7.69. The first-order chi connectivity index (χ1) is 15.8. The van der Waals surface area contributed by atoms with Crippen molar-refractivity contribution in [2.75, 3.05) is 22.7 Å². The average molecular weight is 575 g/mol. The molecule has 1 unspecified atom stereocenters. The number of carbonyl (C=O) groups excluding carboxylic acids is 2. The van der Waals surface area contributed by atoms with Crippen LogP contribution < -0.4 is 19.7 Å². The lowest BCUT2D eigenvalue weighted by Gasteiger charge is -2.36. The van der Waals surface area contributed by atoms with Gasteiger partial charge in [-0.25, -0.2) is 13.2 Å². The molecule has 9 nitrogen and oxygen atoms in total. The number of hydrogen-bond acceptors (Lipinski definition) is 6. The molecule has 0 bridgehead atoms. The molecular formula is C22H25BrClN3O6S. The maximum atomic E-state index is 13.7. The number of carbonyl (C=O) groups is 2. The van der Waals surface area contributed by atoms with Gasteiger partial charge in [0.2, 0.25) is 5.91 Å². The second-order valence-corrected chi connectivity index (χ2v) is 11.8. The first kappa shape index (κ1) is 26.1. The molecule has 0 radical (unpaired) electrons. The highest BCUT2D eigenvalue weighted by Crippen LogP contribution is 2.40. The van der Waals surface area contributed by atoms with E-state index in [0.717, 1.165) is 4.31 Å². The first-order valence-corrected chi connectivity index (χ1v) is 12.9. The number of hydrogen-bond donors (Lipinski definition) is 2. The molecule has 34 heavy (non-hydrogen) atoms. The quantitative estimate of drug-likeness (QED) is 0.542. The zero-order chi connectivity index (χ0) is 25.3. The van der Waals surface area contributed by atoms with E-state index in [9.17, 15) is 18.0 Å². The smallest absolute Gasteiger partial charge is 0.412 e. The third kappa shape index (κ3) is 6.34. The highest BCUT2D eigenvalue weighted by Gasteiger charge is 2.36. The minimum Gasteiger partial charge on any atom is -0.484 e. The predicted octanol–water partition coefficient (Wildman–Crippen LogP) is 4.54. The fourth-order valence-corrected chi connectivity index (χ4v) is 5.71. The topological polar surface area (TPSA) is 114 Å². The number of nitrogens with zero attached hydrogens (tertiary/aromatic N) is 1. The fraction of sp³-hybridized carbons (Fsp3) is 0.364. The molecule has 0 aromatic heterocycles. The van der Waals surface area contributed by atoms with Gasteiger partial charge in [0.05, 0.1) is 23.8 Å². The van der Waals surface area contributed by atoms with Crippen LogP contribution in [0.4, 0.5) is 16.2 Å². The van der Waals surface area contributed by atoms with Gasteiger partial charge in [-0.3, -0.25) is 14.4 Å². The summed E-state index contributed by atoms with van der Waals surface area (Å²) in [7, 11) is -4.14. The van der Waals surface area contributed by atoms with Crippen LogP contribution in [0.15, 0.2) is 45.8 Å². The van der Waals surface area contributed by atoms with Gasteiger partial charge in [-0.15, -0.1) is 0 Å². The summed E-state index contributed by atoms with van der Waals surface area (Å²) < 4.78 is 40.3. The van der Waals surface area contributed by atoms with Gasteiger partial charge in [0.25, 0.3) is 10.0 Å². The summed E-state index contributed by atoms with van der Waals surface area (Å²) >= 11 is 9.52. The van der Waals surface area contributed by atoms with Crippen LogP contribution in [0.3, 0.4) is 0 Å². The van der Waals surface area contributed by atoms with Gasteiger partial charge in [-0.05, 0) is 57.2 Å². The van der Waals surface area contributed by atoms with Crippen LogP contribution in [-0.2, 0) is 19.6 Å². The van der Waals surface area contributed by atoms with Crippen LogP contribution in [0, 0.1) is 0 Å². The zero-order valence-electron chi connectivity index (χ0n) is 19.0. The molecule has 1 aliphatic rings. The Bertz CT molecular complexity index is 1220. The van der Waals surface area contributed by atoms with Crippen molar-refractivity contribution in [3.05, 3.63) is 45.9 Å². The van der Waals surface area contributed by atoms with Gasteiger partial charge in [0.15, 0.2) is 0 Å². The summed E-state index contributed by atoms with van der Waals surface area (Å²) in [5, 5.41) is 5.30. The number of ether oxygens (including phenoxy) is 2. The van der Waals surface area contributed by atoms with E-state index < -0.39 is 27.8 Å². The molecule has 0 aliphatic carbocycles. The lowest BCUT2D eigenvalue weighted by atomic mass is 10.2. The molecule has 184 valence electrons. The van der Waals surface area contributed by atoms with Crippen LogP contribution >= 0.6 is 27.5 Å². The Hall–Kier alpha value is -2.50. The van der Waals surface area contributed by atoms with E-state index in [-0.39, 0.29) is 40.4 Å². The summed E-state index contributed by atoms with van der Waals surface area (Å²) in [6, 6.07) is 9.13. The molecule has 1 heterocycles. The van der Waals surface area contributed by atoms with Gasteiger partial charge >= 0.3 is 6.09 Å². The molecule has 0 saturated heterocycles. The van der Waals surface area contributed by atoms with E-state index in [0.29, 0.717) is 10.2 Å². The number of amides is 2. The molecule has 12 heteroatoms. The summed E-state index contributed by atoms with van der Waals surface area (Å²) in [5.74, 6) is 0.00165. The van der Waals surface area contributed by atoms with Crippen molar-refractivity contribution in [1.82, 2.24) is 5.32 Å². The second kappa shape index (κ2) is 10.0. The number of halogens is 2. The molecule has 2 aromatic carbocycles. The van der Waals surface area contributed by atoms with Gasteiger partial charge in [0.1, 0.15) is 22.4 Å². The van der Waals surface area contributed by atoms with Crippen LogP contribution in [0.5, 0.6) is 5.75 Å². The summed E-state index contributed by atoms with van der Waals surface area (Å²) in [4.78, 5) is 23.5. The second-order valence-electron chi connectivity index (χ2n) is 8.60. The number of benzene rings is 2. The van der Waals surface area contributed by atoms with E-state index in [1.807, 2.05) is 0 Å². The normalized spacial score (nSPS) is 15.7. The summed E-state index contributed by atoms with van der Waals surface area (Å²) in [5.41, 5.74) is -0.174. The highest BCUT2D eigenvalue weighted by atomic mass is 79.9. The number of fused-ring (bicyclic) bond motifs is 1. The Morgan fingerprint density at radius 1 is 1.24 bits per heavy atom. The maximum Gasteiger partial charge on any atom is 0.412 e. The molecule has 1 atom stereocenters. The molecule has 0 saturated carbocycles. The van der Waals surface area contributed by atoms with Crippen molar-refractivity contribution in [3.8, 4) is 5.75 Å². The Morgan fingerprint density at radius 2 is 1.94 bits per heavy atom. The highest BCUT2D eigenvalue weighted by molar-refractivity contribution is 9.10. The van der Waals surface area contributed by atoms with Crippen molar-refractivity contribution in [3.63, 3.8) is 0 Å². The first-order valence-electron chi connectivity index (χ1n) is 10.3. The van der Waals surface area contributed by atoms with Gasteiger partial charge in [-0.2, -0.15) is 0 Å². The molecule has 2 aromatic rings. The summed E-state index contributed by atoms with van der Waals surface area (Å²) in [6.07, 6.45) is -1.33. The molecule has 3 rings (SSSR count). The lowest BCUT2D eigenvalue weighted by Crippen LogP contribution is -2.48. The predicted molar refractivity (Wildman–Crippen MR) is 133 cm³/mol. The lowest BCUT2D eigenvalue weighted by molar-refractivity contribution is -0.119. The van der Waals surface area contributed by atoms with E-state index in [1.54, 1.807) is 39.0 Å². The van der Waals surface area contributed by atoms with E-state index >= 15 is 0 Å². The van der Waals surface area contributed by atoms with E-state index in [1.165, 1.54) is 25.1 Å². The van der Waals surface area contributed by atoms with Crippen LogP contribution in [0.2, 0.25) is 5.02 Å². The molecule has 1 aliphatic heterocycles. The molecule has 0 fully saturated rings. The third-order valence-electron chi connectivity index (χ3n) is 4.58. The van der Waals surface area contributed by atoms with E-state index in [2.05, 4.69) is 26.6 Å². The average Bonchev–Trinajstić information content (AvgIpc) is 2.71. The van der Waals surface area contributed by atoms with Gasteiger partial charge in [-0.1, -0.05) is 27.5 Å². The monoisotopic (exact) mass is 573 g/mol. The molecule has 2 N–H and O–H groups in total. The Labute approximate surface area is 211 Å². The Balaban J connectivity index is 2.02. The van der Waals surface area contributed by atoms with Gasteiger partial charge < -0.3 is 14.8 Å². The third-order valence-corrected chi connectivity index (χ3v) is 7.33. The maximum absolute atomic E-state index is 13.7. The van der Waals surface area contributed by atoms with Crippen molar-refractivity contribution >= 4 is 60.9 Å². The van der Waals surface area contributed by atoms with Crippen molar-refractivity contribution in [1.29, 1.82) is 0 Å². The van der Waals surface area contributed by atoms with Crippen molar-refractivity contribution in [2.24, 2.45) is 0 Å². The molecule has 2 amide bonds. The number of nitrogens with one attached hydrogen (secondary N) is 2. The molecular weight excluding hydrogens is 550 g/mol. The number of anilines is 2. The molecule has 0 spiro atoms. The Morgan fingerprint density at radius 3 is 2.59 bits per heavy atom. The standard InChI is InChI=1S/C22H25BrClN3O6S/c1-13(28)25-11-16-12-27(34(30,31)20-9-14(23)5-7-17(20)24)18-10-15(6-8-19(18)32-16)26-21(29)33-22(2,3)4/h5-10,16H,11-12H2,1-4H3,(H,25,28)(H,26,29). The van der Waals surface area contributed by atoms with Crippen LogP contribution in [-0.4, -0.2) is 45.2 Å².